The summed E-state index contributed by atoms with van der Waals surface area (Å²) in [6, 6.07) is 20.7. The van der Waals surface area contributed by atoms with Crippen LogP contribution in [0.2, 0.25) is 0 Å². The minimum absolute atomic E-state index is 1.03. The molecule has 0 saturated carbocycles. The summed E-state index contributed by atoms with van der Waals surface area (Å²) in [5.41, 5.74) is 4.46. The van der Waals surface area contributed by atoms with Crippen LogP contribution in [-0.2, 0) is 0 Å². The Hall–Kier alpha value is -2.41. The van der Waals surface area contributed by atoms with Gasteiger partial charge in [0.15, 0.2) is 0 Å². The van der Waals surface area contributed by atoms with Gasteiger partial charge in [0.25, 0.3) is 0 Å². The molecule has 0 fully saturated rings. The molecule has 0 bridgehead atoms. The van der Waals surface area contributed by atoms with Crippen LogP contribution in [0.4, 0.5) is 0 Å². The van der Waals surface area contributed by atoms with Crippen molar-refractivity contribution in [3.8, 4) is 0 Å². The Balaban J connectivity index is 2.01. The van der Waals surface area contributed by atoms with E-state index in [-0.39, 0.29) is 0 Å². The molecule has 0 radical (unpaired) electrons. The van der Waals surface area contributed by atoms with E-state index in [1.54, 1.807) is 0 Å². The molecule has 0 aliphatic carbocycles. The topological polar surface area (TPSA) is 12.9 Å². The average Bonchev–Trinajstić information content (AvgIpc) is 2.46. The fourth-order valence-electron chi connectivity index (χ4n) is 2.14. The molecule has 0 atom stereocenters. The Morgan fingerprint density at radius 3 is 2.42 bits per heavy atom. The van der Waals surface area contributed by atoms with E-state index in [1.807, 2.05) is 30.3 Å². The summed E-state index contributed by atoms with van der Waals surface area (Å²) in [5.74, 6) is 0. The first-order valence-electron chi connectivity index (χ1n) is 6.42. The van der Waals surface area contributed by atoms with E-state index >= 15 is 0 Å². The minimum atomic E-state index is 1.03. The number of nitrogens with zero attached hydrogens (tertiary/aromatic N) is 1. The molecule has 3 rings (SSSR count). The monoisotopic (exact) mass is 245 g/mol. The predicted octanol–water partition coefficient (Wildman–Crippen LogP) is 4.71. The summed E-state index contributed by atoms with van der Waals surface area (Å²) in [7, 11) is 0. The molecule has 0 unspecified atom stereocenters. The highest BCUT2D eigenvalue weighted by Gasteiger charge is 1.99. The van der Waals surface area contributed by atoms with Crippen molar-refractivity contribution in [3.63, 3.8) is 0 Å². The SMILES string of the molecule is Cc1cc2ccccc2nc1/C=C/c1ccccc1. The van der Waals surface area contributed by atoms with Crippen LogP contribution in [0.1, 0.15) is 16.8 Å². The van der Waals surface area contributed by atoms with Gasteiger partial charge >= 0.3 is 0 Å². The van der Waals surface area contributed by atoms with Crippen LogP contribution < -0.4 is 0 Å². The van der Waals surface area contributed by atoms with Gasteiger partial charge in [0.1, 0.15) is 0 Å². The molecular formula is C18H15N. The van der Waals surface area contributed by atoms with E-state index in [0.717, 1.165) is 11.2 Å². The quantitative estimate of drug-likeness (QED) is 0.637. The van der Waals surface area contributed by atoms with Crippen molar-refractivity contribution >= 4 is 23.1 Å². The third-order valence-electron chi connectivity index (χ3n) is 3.19. The van der Waals surface area contributed by atoms with E-state index in [4.69, 9.17) is 4.98 Å². The van der Waals surface area contributed by atoms with Crippen LogP contribution in [0.25, 0.3) is 23.1 Å². The maximum absolute atomic E-state index is 4.70. The second-order valence-corrected chi connectivity index (χ2v) is 4.63. The van der Waals surface area contributed by atoms with Crippen LogP contribution in [-0.4, -0.2) is 4.98 Å². The number of aryl methyl sites for hydroxylation is 1. The normalized spacial score (nSPS) is 11.2. The van der Waals surface area contributed by atoms with E-state index < -0.39 is 0 Å². The number of aromatic nitrogens is 1. The first-order valence-corrected chi connectivity index (χ1v) is 6.42. The number of benzene rings is 2. The third-order valence-corrected chi connectivity index (χ3v) is 3.19. The van der Waals surface area contributed by atoms with Gasteiger partial charge in [0.05, 0.1) is 11.2 Å². The van der Waals surface area contributed by atoms with Crippen molar-refractivity contribution in [1.82, 2.24) is 4.98 Å². The molecule has 1 aromatic heterocycles. The summed E-state index contributed by atoms with van der Waals surface area (Å²) in [4.78, 5) is 4.70. The molecule has 0 aliphatic rings. The minimum Gasteiger partial charge on any atom is -0.248 e. The zero-order chi connectivity index (χ0) is 13.1. The first-order chi connectivity index (χ1) is 9.33. The second kappa shape index (κ2) is 5.07. The number of fused-ring (bicyclic) bond motifs is 1. The van der Waals surface area contributed by atoms with Gasteiger partial charge in [-0.05, 0) is 36.3 Å². The van der Waals surface area contributed by atoms with Crippen molar-refractivity contribution in [2.45, 2.75) is 6.92 Å². The van der Waals surface area contributed by atoms with Crippen molar-refractivity contribution in [1.29, 1.82) is 0 Å². The highest BCUT2D eigenvalue weighted by atomic mass is 14.7. The van der Waals surface area contributed by atoms with Crippen LogP contribution >= 0.6 is 0 Å². The van der Waals surface area contributed by atoms with Crippen LogP contribution in [0, 0.1) is 6.92 Å². The molecule has 0 aliphatic heterocycles. The molecular weight excluding hydrogens is 230 g/mol. The number of para-hydroxylation sites is 1. The Morgan fingerprint density at radius 1 is 0.842 bits per heavy atom. The Bertz CT molecular complexity index is 727. The number of pyridine rings is 1. The second-order valence-electron chi connectivity index (χ2n) is 4.63. The molecule has 1 heteroatoms. The van der Waals surface area contributed by atoms with Gasteiger partial charge in [-0.2, -0.15) is 0 Å². The van der Waals surface area contributed by atoms with E-state index in [0.29, 0.717) is 0 Å². The van der Waals surface area contributed by atoms with Crippen LogP contribution in [0.5, 0.6) is 0 Å². The van der Waals surface area contributed by atoms with Gasteiger partial charge in [-0.3, -0.25) is 0 Å². The van der Waals surface area contributed by atoms with Crippen molar-refractivity contribution in [2.24, 2.45) is 0 Å². The predicted molar refractivity (Wildman–Crippen MR) is 81.9 cm³/mol. The summed E-state index contributed by atoms with van der Waals surface area (Å²) < 4.78 is 0. The Labute approximate surface area is 113 Å². The van der Waals surface area contributed by atoms with E-state index in [9.17, 15) is 0 Å². The van der Waals surface area contributed by atoms with Gasteiger partial charge < -0.3 is 0 Å². The lowest BCUT2D eigenvalue weighted by atomic mass is 10.1. The van der Waals surface area contributed by atoms with Crippen LogP contribution in [0.15, 0.2) is 60.7 Å². The van der Waals surface area contributed by atoms with Crippen LogP contribution in [0.3, 0.4) is 0 Å². The lowest BCUT2D eigenvalue weighted by Crippen LogP contribution is -1.88. The average molecular weight is 245 g/mol. The molecule has 19 heavy (non-hydrogen) atoms. The largest absolute Gasteiger partial charge is 0.248 e. The highest BCUT2D eigenvalue weighted by molar-refractivity contribution is 5.82. The van der Waals surface area contributed by atoms with Gasteiger partial charge in [-0.1, -0.05) is 54.6 Å². The molecule has 0 N–H and O–H groups in total. The molecule has 2 aromatic carbocycles. The maximum atomic E-state index is 4.70. The number of hydrogen-bond donors (Lipinski definition) is 0. The van der Waals surface area contributed by atoms with Crippen molar-refractivity contribution in [2.75, 3.05) is 0 Å². The molecule has 0 saturated heterocycles. The lowest BCUT2D eigenvalue weighted by molar-refractivity contribution is 1.30. The zero-order valence-corrected chi connectivity index (χ0v) is 10.9. The third kappa shape index (κ3) is 2.55. The number of rotatable bonds is 2. The van der Waals surface area contributed by atoms with Gasteiger partial charge in [0, 0.05) is 5.39 Å². The fraction of sp³-hybridized carbons (Fsp3) is 0.0556. The van der Waals surface area contributed by atoms with E-state index in [2.05, 4.69) is 49.4 Å². The Kier molecular flexibility index (Phi) is 3.11. The Morgan fingerprint density at radius 2 is 1.58 bits per heavy atom. The van der Waals surface area contributed by atoms with Gasteiger partial charge in [-0.15, -0.1) is 0 Å². The van der Waals surface area contributed by atoms with Crippen molar-refractivity contribution in [3.05, 3.63) is 77.5 Å². The molecule has 92 valence electrons. The first kappa shape index (κ1) is 11.7. The van der Waals surface area contributed by atoms with Gasteiger partial charge in [0.2, 0.25) is 0 Å². The summed E-state index contributed by atoms with van der Waals surface area (Å²) in [5, 5.41) is 1.19. The molecule has 0 spiro atoms. The summed E-state index contributed by atoms with van der Waals surface area (Å²) in [6.45, 7) is 2.10. The summed E-state index contributed by atoms with van der Waals surface area (Å²) >= 11 is 0. The van der Waals surface area contributed by atoms with E-state index in [1.165, 1.54) is 16.5 Å². The summed E-state index contributed by atoms with van der Waals surface area (Å²) in [6.07, 6.45) is 4.18. The maximum Gasteiger partial charge on any atom is 0.0709 e. The lowest BCUT2D eigenvalue weighted by Gasteiger charge is -2.03. The van der Waals surface area contributed by atoms with Gasteiger partial charge in [-0.25, -0.2) is 4.98 Å². The molecule has 0 amide bonds. The molecule has 3 aromatic rings. The standard InChI is InChI=1S/C18H15N/c1-14-13-16-9-5-6-10-18(16)19-17(14)12-11-15-7-3-2-4-8-15/h2-13H,1H3/b12-11+. The smallest absolute Gasteiger partial charge is 0.0709 e. The van der Waals surface area contributed by atoms with Crippen molar-refractivity contribution < 1.29 is 0 Å². The highest BCUT2D eigenvalue weighted by Crippen LogP contribution is 2.17. The zero-order valence-electron chi connectivity index (χ0n) is 10.9. The number of hydrogen-bond acceptors (Lipinski definition) is 1. The molecule has 1 heterocycles. The molecule has 1 nitrogen and oxygen atoms in total. The fourth-order valence-corrected chi connectivity index (χ4v) is 2.14.